The summed E-state index contributed by atoms with van der Waals surface area (Å²) >= 11 is 1.43. The molecule has 0 bridgehead atoms. The number of rotatable bonds is 7. The van der Waals surface area contributed by atoms with E-state index in [0.717, 1.165) is 18.1 Å². The molecule has 0 unspecified atom stereocenters. The van der Waals surface area contributed by atoms with Crippen molar-refractivity contribution >= 4 is 22.3 Å². The summed E-state index contributed by atoms with van der Waals surface area (Å²) in [5, 5.41) is 4.09. The van der Waals surface area contributed by atoms with E-state index < -0.39 is 0 Å². The van der Waals surface area contributed by atoms with Crippen molar-refractivity contribution in [3.63, 3.8) is 0 Å². The van der Waals surface area contributed by atoms with Gasteiger partial charge in [0.15, 0.2) is 5.69 Å². The van der Waals surface area contributed by atoms with Crippen molar-refractivity contribution in [2.24, 2.45) is 5.41 Å². The third-order valence-electron chi connectivity index (χ3n) is 2.51. The smallest absolute Gasteiger partial charge is 0.360 e. The Morgan fingerprint density at radius 3 is 2.79 bits per heavy atom. The summed E-state index contributed by atoms with van der Waals surface area (Å²) in [4.78, 5) is 17.9. The number of nitrogens with zero attached hydrogens (tertiary/aromatic N) is 2. The fraction of sp³-hybridized carbons (Fsp3) is 0.692. The first-order valence-corrected chi connectivity index (χ1v) is 7.23. The minimum Gasteiger partial charge on any atom is -0.461 e. The van der Waals surface area contributed by atoms with Crippen molar-refractivity contribution in [2.45, 2.75) is 20.8 Å². The van der Waals surface area contributed by atoms with Crippen LogP contribution in [-0.2, 0) is 4.74 Å². The van der Waals surface area contributed by atoms with Gasteiger partial charge in [0.1, 0.15) is 5.00 Å². The Kier molecular flexibility index (Phi) is 5.75. The molecular weight excluding hydrogens is 262 g/mol. The highest BCUT2D eigenvalue weighted by atomic mass is 32.1. The van der Waals surface area contributed by atoms with E-state index >= 15 is 0 Å². The molecule has 0 aliphatic carbocycles. The van der Waals surface area contributed by atoms with Crippen LogP contribution in [0.25, 0.3) is 0 Å². The number of ether oxygens (including phenoxy) is 1. The molecule has 1 rings (SSSR count). The molecule has 108 valence electrons. The van der Waals surface area contributed by atoms with Crippen molar-refractivity contribution in [1.82, 2.24) is 9.88 Å². The van der Waals surface area contributed by atoms with E-state index in [-0.39, 0.29) is 11.4 Å². The highest BCUT2D eigenvalue weighted by Crippen LogP contribution is 2.24. The predicted octanol–water partition coefficient (Wildman–Crippen LogP) is 2.32. The largest absolute Gasteiger partial charge is 0.461 e. The fourth-order valence-corrected chi connectivity index (χ4v) is 2.61. The summed E-state index contributed by atoms with van der Waals surface area (Å²) in [6.45, 7) is 8.27. The third-order valence-corrected chi connectivity index (χ3v) is 3.29. The van der Waals surface area contributed by atoms with Gasteiger partial charge >= 0.3 is 5.97 Å². The molecule has 0 saturated carbocycles. The second-order valence-corrected chi connectivity index (χ2v) is 6.36. The minimum atomic E-state index is -0.364. The lowest BCUT2D eigenvalue weighted by Crippen LogP contribution is -2.34. The molecule has 0 spiro atoms. The Bertz CT molecular complexity index is 416. The third kappa shape index (κ3) is 5.16. The van der Waals surface area contributed by atoms with E-state index in [1.807, 2.05) is 0 Å². The second-order valence-electron chi connectivity index (χ2n) is 5.51. The summed E-state index contributed by atoms with van der Waals surface area (Å²) in [5.41, 5.74) is 2.15. The van der Waals surface area contributed by atoms with Crippen molar-refractivity contribution in [2.75, 3.05) is 39.1 Å². The van der Waals surface area contributed by atoms with Crippen LogP contribution in [0.2, 0.25) is 0 Å². The highest BCUT2D eigenvalue weighted by Gasteiger charge is 2.21. The number of thiazole rings is 1. The number of nitrogens with one attached hydrogen (secondary N) is 1. The molecule has 6 heteroatoms. The van der Waals surface area contributed by atoms with Gasteiger partial charge in [0.2, 0.25) is 0 Å². The van der Waals surface area contributed by atoms with E-state index in [1.165, 1.54) is 11.3 Å². The monoisotopic (exact) mass is 285 g/mol. The van der Waals surface area contributed by atoms with Crippen LogP contribution in [-0.4, -0.2) is 49.6 Å². The van der Waals surface area contributed by atoms with Gasteiger partial charge in [-0.1, -0.05) is 13.8 Å². The molecule has 1 aromatic rings. The number of carbonyl (C=O) groups is 1. The molecule has 0 aliphatic heterocycles. The van der Waals surface area contributed by atoms with Crippen molar-refractivity contribution in [1.29, 1.82) is 0 Å². The summed E-state index contributed by atoms with van der Waals surface area (Å²) in [7, 11) is 4.11. The average Bonchev–Trinajstić information content (AvgIpc) is 2.73. The highest BCUT2D eigenvalue weighted by molar-refractivity contribution is 7.14. The maximum atomic E-state index is 11.7. The van der Waals surface area contributed by atoms with E-state index in [1.54, 1.807) is 12.4 Å². The average molecular weight is 285 g/mol. The van der Waals surface area contributed by atoms with Gasteiger partial charge in [-0.25, -0.2) is 9.78 Å². The Hall–Kier alpha value is -1.14. The molecule has 0 saturated heterocycles. The Balaban J connectivity index is 2.63. The maximum Gasteiger partial charge on any atom is 0.360 e. The van der Waals surface area contributed by atoms with Crippen LogP contribution in [0.4, 0.5) is 5.00 Å². The van der Waals surface area contributed by atoms with Gasteiger partial charge in [-0.05, 0) is 26.4 Å². The van der Waals surface area contributed by atoms with E-state index in [2.05, 4.69) is 43.1 Å². The zero-order valence-electron chi connectivity index (χ0n) is 12.3. The molecule has 0 amide bonds. The van der Waals surface area contributed by atoms with Gasteiger partial charge in [0.05, 0.1) is 12.1 Å². The zero-order valence-corrected chi connectivity index (χ0v) is 13.1. The van der Waals surface area contributed by atoms with Crippen LogP contribution in [0.15, 0.2) is 5.51 Å². The Labute approximate surface area is 119 Å². The first-order valence-electron chi connectivity index (χ1n) is 6.35. The lowest BCUT2D eigenvalue weighted by atomic mass is 9.93. The van der Waals surface area contributed by atoms with E-state index in [0.29, 0.717) is 12.3 Å². The van der Waals surface area contributed by atoms with Gasteiger partial charge in [0.25, 0.3) is 0 Å². The van der Waals surface area contributed by atoms with Gasteiger partial charge in [0, 0.05) is 13.1 Å². The molecule has 1 N–H and O–H groups in total. The predicted molar refractivity (Wildman–Crippen MR) is 78.9 cm³/mol. The van der Waals surface area contributed by atoms with Gasteiger partial charge < -0.3 is 15.0 Å². The molecule has 0 aliphatic rings. The summed E-state index contributed by atoms with van der Waals surface area (Å²) < 4.78 is 4.98. The fourth-order valence-electron chi connectivity index (χ4n) is 1.95. The lowest BCUT2D eigenvalue weighted by Gasteiger charge is -2.28. The van der Waals surface area contributed by atoms with E-state index in [9.17, 15) is 4.79 Å². The molecule has 0 fully saturated rings. The molecular formula is C13H23N3O2S. The number of esters is 1. The molecule has 5 nitrogen and oxygen atoms in total. The normalized spacial score (nSPS) is 11.7. The zero-order chi connectivity index (χ0) is 14.5. The number of hydrogen-bond acceptors (Lipinski definition) is 6. The van der Waals surface area contributed by atoms with Gasteiger partial charge in [-0.2, -0.15) is 0 Å². The standard InChI is InChI=1S/C13H23N3O2S/c1-6-18-12(17)10-11(19-9-15-10)14-7-13(2,3)8-16(4)5/h9,14H,6-8H2,1-5H3. The molecule has 1 aromatic heterocycles. The number of aromatic nitrogens is 1. The number of hydrogen-bond donors (Lipinski definition) is 1. The van der Waals surface area contributed by atoms with Crippen molar-refractivity contribution in [3.05, 3.63) is 11.2 Å². The van der Waals surface area contributed by atoms with E-state index in [4.69, 9.17) is 4.74 Å². The quantitative estimate of drug-likeness (QED) is 0.779. The first-order chi connectivity index (χ1) is 8.85. The van der Waals surface area contributed by atoms with Crippen LogP contribution in [0.1, 0.15) is 31.3 Å². The Morgan fingerprint density at radius 1 is 1.53 bits per heavy atom. The van der Waals surface area contributed by atoms with Gasteiger partial charge in [-0.15, -0.1) is 11.3 Å². The van der Waals surface area contributed by atoms with Crippen LogP contribution in [0, 0.1) is 5.41 Å². The summed E-state index contributed by atoms with van der Waals surface area (Å²) in [5.74, 6) is -0.364. The molecule has 0 aromatic carbocycles. The van der Waals surface area contributed by atoms with Crippen LogP contribution in [0.3, 0.4) is 0 Å². The Morgan fingerprint density at radius 2 is 2.21 bits per heavy atom. The number of anilines is 1. The molecule has 19 heavy (non-hydrogen) atoms. The molecule has 0 atom stereocenters. The van der Waals surface area contributed by atoms with Crippen LogP contribution >= 0.6 is 11.3 Å². The first kappa shape index (κ1) is 15.9. The lowest BCUT2D eigenvalue weighted by molar-refractivity contribution is 0.0521. The van der Waals surface area contributed by atoms with Crippen LogP contribution in [0.5, 0.6) is 0 Å². The molecule has 0 radical (unpaired) electrons. The summed E-state index contributed by atoms with van der Waals surface area (Å²) in [6, 6.07) is 0. The maximum absolute atomic E-state index is 11.7. The number of carbonyl (C=O) groups excluding carboxylic acids is 1. The van der Waals surface area contributed by atoms with Crippen molar-refractivity contribution in [3.8, 4) is 0 Å². The second kappa shape index (κ2) is 6.86. The minimum absolute atomic E-state index is 0.111. The molecule has 1 heterocycles. The SMILES string of the molecule is CCOC(=O)c1ncsc1NCC(C)(C)CN(C)C. The van der Waals surface area contributed by atoms with Crippen molar-refractivity contribution < 1.29 is 9.53 Å². The van der Waals surface area contributed by atoms with Crippen LogP contribution < -0.4 is 5.32 Å². The topological polar surface area (TPSA) is 54.5 Å². The summed E-state index contributed by atoms with van der Waals surface area (Å²) in [6.07, 6.45) is 0. The van der Waals surface area contributed by atoms with Gasteiger partial charge in [-0.3, -0.25) is 0 Å².